The molecule has 1 aliphatic rings. The zero-order chi connectivity index (χ0) is 10.8. The van der Waals surface area contributed by atoms with E-state index in [0.29, 0.717) is 0 Å². The van der Waals surface area contributed by atoms with Gasteiger partial charge in [-0.3, -0.25) is 0 Å². The van der Waals surface area contributed by atoms with Gasteiger partial charge in [-0.2, -0.15) is 0 Å². The Morgan fingerprint density at radius 3 is 1.19 bits per heavy atom. The van der Waals surface area contributed by atoms with E-state index in [1.807, 2.05) is 0 Å². The van der Waals surface area contributed by atoms with Gasteiger partial charge in [-0.05, 0) is 0 Å². The summed E-state index contributed by atoms with van der Waals surface area (Å²) in [5.41, 5.74) is 0. The van der Waals surface area contributed by atoms with Gasteiger partial charge in [0.1, 0.15) is 0 Å². The van der Waals surface area contributed by atoms with Crippen molar-refractivity contribution in [1.29, 1.82) is 0 Å². The quantitative estimate of drug-likeness (QED) is 0.733. The number of hydrogen-bond donors (Lipinski definition) is 0. The van der Waals surface area contributed by atoms with Gasteiger partial charge in [0.25, 0.3) is 0 Å². The second-order valence-corrected chi connectivity index (χ2v) is 19.4. The predicted octanol–water partition coefficient (Wildman–Crippen LogP) is 1.52. The van der Waals surface area contributed by atoms with Crippen LogP contribution in [0.25, 0.3) is 0 Å². The van der Waals surface area contributed by atoms with Crippen LogP contribution in [0.1, 0.15) is 0 Å². The molecule has 0 saturated heterocycles. The zero-order valence-electron chi connectivity index (χ0n) is 8.82. The topological polar surface area (TPSA) is 0 Å². The summed E-state index contributed by atoms with van der Waals surface area (Å²) in [6, 6.07) is 22.2. The first-order chi connectivity index (χ1) is 7.95. The predicted molar refractivity (Wildman–Crippen MR) is 72.8 cm³/mol. The third-order valence-corrected chi connectivity index (χ3v) is 23.0. The van der Waals surface area contributed by atoms with Crippen LogP contribution in [0.4, 0.5) is 0 Å². The van der Waals surface area contributed by atoms with E-state index in [0.717, 1.165) is 0 Å². The minimum absolute atomic E-state index is 0.807. The molecule has 0 N–H and O–H groups in total. The van der Waals surface area contributed by atoms with E-state index in [2.05, 4.69) is 70.4 Å². The Balaban J connectivity index is 1.89. The fourth-order valence-corrected chi connectivity index (χ4v) is 19.1. The van der Waals surface area contributed by atoms with E-state index in [1.165, 1.54) is 0 Å². The van der Waals surface area contributed by atoms with E-state index in [4.69, 9.17) is 0 Å². The van der Waals surface area contributed by atoms with Crippen molar-refractivity contribution in [2.45, 2.75) is 0 Å². The minimum atomic E-state index is -0.807. The summed E-state index contributed by atoms with van der Waals surface area (Å²) in [4.78, 5) is 5.02. The molecule has 1 aliphatic heterocycles. The van der Waals surface area contributed by atoms with Crippen molar-refractivity contribution in [3.63, 3.8) is 0 Å². The van der Waals surface area contributed by atoms with Crippen LogP contribution >= 0.6 is 0 Å². The van der Waals surface area contributed by atoms with Gasteiger partial charge in [-0.1, -0.05) is 0 Å². The zero-order valence-corrected chi connectivity index (χ0v) is 12.6. The van der Waals surface area contributed by atoms with Gasteiger partial charge in [-0.15, -0.1) is 0 Å². The van der Waals surface area contributed by atoms with Crippen LogP contribution in [0.5, 0.6) is 0 Å². The second kappa shape index (κ2) is 4.66. The van der Waals surface area contributed by atoms with Crippen molar-refractivity contribution in [1.82, 2.24) is 0 Å². The van der Waals surface area contributed by atoms with Gasteiger partial charge in [0.2, 0.25) is 0 Å². The first kappa shape index (κ1) is 10.5. The van der Waals surface area contributed by atoms with Crippen LogP contribution in [0.15, 0.2) is 70.4 Å². The molecule has 0 bridgehead atoms. The van der Waals surface area contributed by atoms with Crippen LogP contribution in [0.2, 0.25) is 0 Å². The molecule has 1 heterocycles. The fraction of sp³-hybridized carbons (Fsp3) is 0. The molecule has 0 aliphatic carbocycles. The molecule has 16 heavy (non-hydrogen) atoms. The molecule has 0 amide bonds. The first-order valence-electron chi connectivity index (χ1n) is 5.32. The van der Waals surface area contributed by atoms with Gasteiger partial charge in [-0.25, -0.2) is 0 Å². The van der Waals surface area contributed by atoms with E-state index in [-0.39, 0.29) is 0 Å². The van der Waals surface area contributed by atoms with Crippen molar-refractivity contribution >= 4 is 33.9 Å². The molecule has 0 aromatic heterocycles. The summed E-state index contributed by atoms with van der Waals surface area (Å²) in [6.45, 7) is 0. The molecule has 0 saturated carbocycles. The molecule has 0 spiro atoms. The van der Waals surface area contributed by atoms with Crippen LogP contribution < -0.4 is 8.70 Å². The molecule has 2 unspecified atom stereocenters. The van der Waals surface area contributed by atoms with Gasteiger partial charge in [0.05, 0.1) is 0 Å². The van der Waals surface area contributed by atoms with Crippen LogP contribution in [-0.2, 0) is 0 Å². The molecule has 2 heteroatoms. The Hall–Kier alpha value is -0.703. The van der Waals surface area contributed by atoms with E-state index in [9.17, 15) is 0 Å². The normalized spacial score (nSPS) is 22.8. The summed E-state index contributed by atoms with van der Waals surface area (Å²) >= 11 is -1.61. The third kappa shape index (κ3) is 1.93. The van der Waals surface area contributed by atoms with Crippen molar-refractivity contribution in [2.24, 2.45) is 0 Å². The number of benzene rings is 2. The molecular weight excluding hydrogens is 318 g/mol. The molecular formula is C14H12As2. The maximum absolute atomic E-state index is 2.51. The summed E-state index contributed by atoms with van der Waals surface area (Å²) in [6.07, 6.45) is 0. The van der Waals surface area contributed by atoms with E-state index >= 15 is 0 Å². The van der Waals surface area contributed by atoms with Crippen LogP contribution in [0.3, 0.4) is 0 Å². The summed E-state index contributed by atoms with van der Waals surface area (Å²) in [5.74, 6) is 0. The molecule has 0 radical (unpaired) electrons. The molecule has 0 fully saturated rings. The number of rotatable bonds is 2. The molecule has 2 atom stereocenters. The van der Waals surface area contributed by atoms with Gasteiger partial charge >= 0.3 is 104 Å². The van der Waals surface area contributed by atoms with Gasteiger partial charge in [0.15, 0.2) is 0 Å². The third-order valence-electron chi connectivity index (χ3n) is 2.62. The van der Waals surface area contributed by atoms with E-state index in [1.54, 1.807) is 8.70 Å². The standard InChI is InChI=1S/C14H12As2/c1-3-7-13(8-4-1)15-11-12-16(15)14-9-5-2-6-10-14/h1-12H. The Morgan fingerprint density at radius 1 is 0.500 bits per heavy atom. The molecule has 3 rings (SSSR count). The number of hydrogen-bond acceptors (Lipinski definition) is 0. The van der Waals surface area contributed by atoms with Crippen molar-refractivity contribution in [3.05, 3.63) is 70.4 Å². The fourth-order valence-electron chi connectivity index (χ4n) is 1.78. The average molecular weight is 330 g/mol. The van der Waals surface area contributed by atoms with Crippen molar-refractivity contribution < 1.29 is 0 Å². The SMILES string of the molecule is C1=C[As](c2ccccc2)[As]1c1ccccc1. The summed E-state index contributed by atoms with van der Waals surface area (Å²) in [7, 11) is 0. The molecule has 0 nitrogen and oxygen atoms in total. The Labute approximate surface area is 104 Å². The summed E-state index contributed by atoms with van der Waals surface area (Å²) in [5, 5.41) is 0. The first-order valence-corrected chi connectivity index (χ1v) is 14.6. The molecule has 2 aromatic rings. The van der Waals surface area contributed by atoms with Gasteiger partial charge < -0.3 is 0 Å². The second-order valence-electron chi connectivity index (χ2n) is 3.66. The monoisotopic (exact) mass is 330 g/mol. The van der Waals surface area contributed by atoms with Crippen LogP contribution in [0, 0.1) is 0 Å². The van der Waals surface area contributed by atoms with E-state index < -0.39 is 25.2 Å². The Morgan fingerprint density at radius 2 is 0.875 bits per heavy atom. The summed E-state index contributed by atoms with van der Waals surface area (Å²) < 4.78 is 3.25. The van der Waals surface area contributed by atoms with Gasteiger partial charge in [0, 0.05) is 0 Å². The van der Waals surface area contributed by atoms with Crippen molar-refractivity contribution in [3.8, 4) is 0 Å². The van der Waals surface area contributed by atoms with Crippen LogP contribution in [-0.4, -0.2) is 25.2 Å². The maximum atomic E-state index is 2.51. The average Bonchev–Trinajstić information content (AvgIpc) is 2.30. The Bertz CT molecular complexity index is 443. The Kier molecular flexibility index (Phi) is 3.04. The molecule has 78 valence electrons. The van der Waals surface area contributed by atoms with Crippen molar-refractivity contribution in [2.75, 3.05) is 0 Å². The molecule has 2 aromatic carbocycles.